The number of rotatable bonds is 5. The van der Waals surface area contributed by atoms with Gasteiger partial charge < -0.3 is 9.47 Å². The maximum atomic E-state index is 12.5. The molecule has 2 aromatic rings. The van der Waals surface area contributed by atoms with Gasteiger partial charge in [0.15, 0.2) is 6.04 Å². The van der Waals surface area contributed by atoms with E-state index in [0.29, 0.717) is 6.54 Å². The predicted octanol–water partition coefficient (Wildman–Crippen LogP) is 3.14. The molecule has 5 nitrogen and oxygen atoms in total. The van der Waals surface area contributed by atoms with Gasteiger partial charge >= 0.3 is 12.1 Å². The van der Waals surface area contributed by atoms with E-state index in [0.717, 1.165) is 11.1 Å². The summed E-state index contributed by atoms with van der Waals surface area (Å²) in [6.45, 7) is 2.20. The molecular weight excluding hydrogens is 306 g/mol. The molecule has 3 rings (SSSR count). The van der Waals surface area contributed by atoms with Crippen molar-refractivity contribution in [2.75, 3.05) is 0 Å². The van der Waals surface area contributed by atoms with E-state index in [1.54, 1.807) is 6.92 Å². The molecule has 2 atom stereocenters. The lowest BCUT2D eigenvalue weighted by Gasteiger charge is -2.22. The highest BCUT2D eigenvalue weighted by atomic mass is 16.6. The highest BCUT2D eigenvalue weighted by molar-refractivity contribution is 5.85. The van der Waals surface area contributed by atoms with Crippen LogP contribution in [0.2, 0.25) is 0 Å². The summed E-state index contributed by atoms with van der Waals surface area (Å²) in [7, 11) is 0. The molecule has 1 aliphatic heterocycles. The number of benzene rings is 2. The number of cyclic esters (lactones) is 1. The summed E-state index contributed by atoms with van der Waals surface area (Å²) < 4.78 is 10.6. The second-order valence-corrected chi connectivity index (χ2v) is 5.74. The molecule has 2 unspecified atom stereocenters. The Balaban J connectivity index is 1.69. The highest BCUT2D eigenvalue weighted by Crippen LogP contribution is 2.23. The minimum absolute atomic E-state index is 0.177. The number of esters is 1. The van der Waals surface area contributed by atoms with Gasteiger partial charge in [-0.3, -0.25) is 4.90 Å². The highest BCUT2D eigenvalue weighted by Gasteiger charge is 2.44. The van der Waals surface area contributed by atoms with Gasteiger partial charge in [0, 0.05) is 0 Å². The number of amides is 1. The molecule has 0 aromatic heterocycles. The number of carbonyl (C=O) groups excluding carboxylic acids is 2. The van der Waals surface area contributed by atoms with Crippen molar-refractivity contribution in [2.45, 2.75) is 32.2 Å². The van der Waals surface area contributed by atoms with Gasteiger partial charge in [-0.05, 0) is 18.1 Å². The predicted molar refractivity (Wildman–Crippen MR) is 88.0 cm³/mol. The summed E-state index contributed by atoms with van der Waals surface area (Å²) in [6, 6.07) is 18.2. The number of hydrogen-bond acceptors (Lipinski definition) is 4. The molecule has 0 bridgehead atoms. The lowest BCUT2D eigenvalue weighted by Crippen LogP contribution is -2.42. The summed E-state index contributed by atoms with van der Waals surface area (Å²) in [6.07, 6.45) is -1.03. The van der Waals surface area contributed by atoms with Crippen molar-refractivity contribution >= 4 is 12.1 Å². The molecule has 1 fully saturated rings. The topological polar surface area (TPSA) is 55.8 Å². The van der Waals surface area contributed by atoms with E-state index in [1.165, 1.54) is 4.90 Å². The Kier molecular flexibility index (Phi) is 4.79. The smallest absolute Gasteiger partial charge is 0.411 e. The zero-order valence-corrected chi connectivity index (χ0v) is 13.4. The van der Waals surface area contributed by atoms with Crippen LogP contribution in [0.4, 0.5) is 4.79 Å². The van der Waals surface area contributed by atoms with Crippen LogP contribution in [0.1, 0.15) is 18.1 Å². The summed E-state index contributed by atoms with van der Waals surface area (Å²) in [4.78, 5) is 26.0. The summed E-state index contributed by atoms with van der Waals surface area (Å²) in [5.74, 6) is -0.451. The zero-order valence-electron chi connectivity index (χ0n) is 13.4. The Morgan fingerprint density at radius 2 is 1.62 bits per heavy atom. The standard InChI is InChI=1S/C19H19NO4/c1-14-17(18(21)23-13-16-10-6-3-7-11-16)20(19(22)24-14)12-15-8-4-2-5-9-15/h2-11,14,17H,12-13H2,1H3. The number of ether oxygens (including phenoxy) is 2. The van der Waals surface area contributed by atoms with Crippen molar-refractivity contribution < 1.29 is 19.1 Å². The van der Waals surface area contributed by atoms with Crippen molar-refractivity contribution in [1.29, 1.82) is 0 Å². The molecule has 1 saturated heterocycles. The monoisotopic (exact) mass is 325 g/mol. The third-order valence-corrected chi connectivity index (χ3v) is 3.96. The first kappa shape index (κ1) is 16.1. The number of hydrogen-bond donors (Lipinski definition) is 0. The largest absolute Gasteiger partial charge is 0.459 e. The van der Waals surface area contributed by atoms with Crippen LogP contribution in [0.25, 0.3) is 0 Å². The van der Waals surface area contributed by atoms with Crippen LogP contribution in [0.15, 0.2) is 60.7 Å². The van der Waals surface area contributed by atoms with Crippen LogP contribution in [-0.2, 0) is 27.4 Å². The van der Waals surface area contributed by atoms with Gasteiger partial charge in [0.05, 0.1) is 6.54 Å². The molecule has 1 amide bonds. The average molecular weight is 325 g/mol. The van der Waals surface area contributed by atoms with Crippen molar-refractivity contribution in [1.82, 2.24) is 4.90 Å². The van der Waals surface area contributed by atoms with Crippen LogP contribution >= 0.6 is 0 Å². The molecule has 24 heavy (non-hydrogen) atoms. The lowest BCUT2D eigenvalue weighted by molar-refractivity contribution is -0.151. The van der Waals surface area contributed by atoms with Gasteiger partial charge in [-0.2, -0.15) is 0 Å². The summed E-state index contributed by atoms with van der Waals surface area (Å²) in [5.41, 5.74) is 1.84. The Hall–Kier alpha value is -2.82. The van der Waals surface area contributed by atoms with E-state index in [4.69, 9.17) is 9.47 Å². The summed E-state index contributed by atoms with van der Waals surface area (Å²) >= 11 is 0. The van der Waals surface area contributed by atoms with E-state index in [1.807, 2.05) is 60.7 Å². The van der Waals surface area contributed by atoms with E-state index in [2.05, 4.69) is 0 Å². The normalized spacial score (nSPS) is 19.9. The third-order valence-electron chi connectivity index (χ3n) is 3.96. The average Bonchev–Trinajstić information content (AvgIpc) is 2.88. The van der Waals surface area contributed by atoms with Gasteiger partial charge in [0.25, 0.3) is 0 Å². The van der Waals surface area contributed by atoms with Gasteiger partial charge in [0.1, 0.15) is 12.7 Å². The van der Waals surface area contributed by atoms with Crippen LogP contribution in [0.5, 0.6) is 0 Å². The molecule has 0 radical (unpaired) electrons. The van der Waals surface area contributed by atoms with Crippen molar-refractivity contribution in [3.63, 3.8) is 0 Å². The fourth-order valence-electron chi connectivity index (χ4n) is 2.73. The zero-order chi connectivity index (χ0) is 16.9. The van der Waals surface area contributed by atoms with E-state index in [-0.39, 0.29) is 6.61 Å². The minimum atomic E-state index is -0.735. The van der Waals surface area contributed by atoms with Gasteiger partial charge in [-0.1, -0.05) is 60.7 Å². The first-order valence-electron chi connectivity index (χ1n) is 7.87. The second-order valence-electron chi connectivity index (χ2n) is 5.74. The molecule has 124 valence electrons. The SMILES string of the molecule is CC1OC(=O)N(Cc2ccccc2)C1C(=O)OCc1ccccc1. The fraction of sp³-hybridized carbons (Fsp3) is 0.263. The lowest BCUT2D eigenvalue weighted by atomic mass is 10.1. The van der Waals surface area contributed by atoms with Crippen LogP contribution < -0.4 is 0 Å². The maximum Gasteiger partial charge on any atom is 0.411 e. The fourth-order valence-corrected chi connectivity index (χ4v) is 2.73. The van der Waals surface area contributed by atoms with E-state index >= 15 is 0 Å². The van der Waals surface area contributed by atoms with Gasteiger partial charge in [-0.25, -0.2) is 9.59 Å². The number of nitrogens with zero attached hydrogens (tertiary/aromatic N) is 1. The molecule has 1 aliphatic rings. The molecule has 2 aromatic carbocycles. The van der Waals surface area contributed by atoms with Crippen molar-refractivity contribution in [2.24, 2.45) is 0 Å². The second kappa shape index (κ2) is 7.17. The quantitative estimate of drug-likeness (QED) is 0.793. The van der Waals surface area contributed by atoms with E-state index < -0.39 is 24.2 Å². The molecule has 0 aliphatic carbocycles. The molecule has 0 spiro atoms. The van der Waals surface area contributed by atoms with Crippen LogP contribution in [0.3, 0.4) is 0 Å². The van der Waals surface area contributed by atoms with Crippen molar-refractivity contribution in [3.8, 4) is 0 Å². The minimum Gasteiger partial charge on any atom is -0.459 e. The molecular formula is C19H19NO4. The van der Waals surface area contributed by atoms with Crippen molar-refractivity contribution in [3.05, 3.63) is 71.8 Å². The molecule has 0 saturated carbocycles. The maximum absolute atomic E-state index is 12.5. The van der Waals surface area contributed by atoms with E-state index in [9.17, 15) is 9.59 Å². The Morgan fingerprint density at radius 1 is 1.04 bits per heavy atom. The van der Waals surface area contributed by atoms with Crippen LogP contribution in [-0.4, -0.2) is 29.1 Å². The Labute approximate surface area is 140 Å². The number of carbonyl (C=O) groups is 2. The van der Waals surface area contributed by atoms with Gasteiger partial charge in [-0.15, -0.1) is 0 Å². The first-order chi connectivity index (χ1) is 11.6. The Bertz CT molecular complexity index is 702. The molecule has 5 heteroatoms. The Morgan fingerprint density at radius 3 is 2.25 bits per heavy atom. The molecule has 0 N–H and O–H groups in total. The summed E-state index contributed by atoms with van der Waals surface area (Å²) in [5, 5.41) is 0. The van der Waals surface area contributed by atoms with Gasteiger partial charge in [0.2, 0.25) is 0 Å². The molecule has 1 heterocycles. The third kappa shape index (κ3) is 3.56. The van der Waals surface area contributed by atoms with Crippen LogP contribution in [0, 0.1) is 0 Å². The first-order valence-corrected chi connectivity index (χ1v) is 7.87.